The van der Waals surface area contributed by atoms with Gasteiger partial charge in [-0.25, -0.2) is 0 Å². The van der Waals surface area contributed by atoms with Crippen LogP contribution in [0.15, 0.2) is 59.2 Å². The summed E-state index contributed by atoms with van der Waals surface area (Å²) in [5.41, 5.74) is 3.75. The Labute approximate surface area is 118 Å². The van der Waals surface area contributed by atoms with Gasteiger partial charge in [-0.05, 0) is 23.6 Å². The van der Waals surface area contributed by atoms with Crippen LogP contribution >= 0.6 is 0 Å². The number of para-hydroxylation sites is 1. The standard InChI is InChI=1S/C18H16O2/c1-2-13-7-9-14(10-8-13)11-17(19)16-12-20-18-6-4-3-5-15(16)18/h3-10,12H,2,11H2,1H3. The topological polar surface area (TPSA) is 30.2 Å². The Hall–Kier alpha value is -2.35. The van der Waals surface area contributed by atoms with E-state index in [1.807, 2.05) is 36.4 Å². The van der Waals surface area contributed by atoms with Crippen molar-refractivity contribution < 1.29 is 9.21 Å². The van der Waals surface area contributed by atoms with Crippen LogP contribution in [0.3, 0.4) is 0 Å². The SMILES string of the molecule is CCc1ccc(CC(=O)c2coc3ccccc23)cc1. The third-order valence-corrected chi connectivity index (χ3v) is 3.58. The Kier molecular flexibility index (Phi) is 3.38. The van der Waals surface area contributed by atoms with Gasteiger partial charge in [0.05, 0.1) is 5.56 Å². The number of carbonyl (C=O) groups is 1. The number of aryl methyl sites for hydroxylation is 1. The summed E-state index contributed by atoms with van der Waals surface area (Å²) in [5.74, 6) is 0.0965. The molecule has 3 aromatic rings. The molecule has 0 saturated heterocycles. The van der Waals surface area contributed by atoms with Crippen molar-refractivity contribution in [3.05, 3.63) is 71.5 Å². The van der Waals surface area contributed by atoms with Crippen molar-refractivity contribution in [2.45, 2.75) is 19.8 Å². The molecule has 0 atom stereocenters. The number of hydrogen-bond donors (Lipinski definition) is 0. The van der Waals surface area contributed by atoms with Crippen molar-refractivity contribution in [3.8, 4) is 0 Å². The molecule has 2 aromatic carbocycles. The van der Waals surface area contributed by atoms with E-state index in [2.05, 4.69) is 19.1 Å². The minimum atomic E-state index is 0.0965. The van der Waals surface area contributed by atoms with Gasteiger partial charge in [-0.15, -0.1) is 0 Å². The van der Waals surface area contributed by atoms with E-state index in [1.165, 1.54) is 5.56 Å². The van der Waals surface area contributed by atoms with Gasteiger partial charge in [0.25, 0.3) is 0 Å². The zero-order chi connectivity index (χ0) is 13.9. The van der Waals surface area contributed by atoms with Crippen LogP contribution in [-0.4, -0.2) is 5.78 Å². The first-order chi connectivity index (χ1) is 9.78. The van der Waals surface area contributed by atoms with Crippen LogP contribution in [0, 0.1) is 0 Å². The lowest BCUT2D eigenvalue weighted by molar-refractivity contribution is 0.0993. The molecule has 0 aliphatic rings. The highest BCUT2D eigenvalue weighted by atomic mass is 16.3. The van der Waals surface area contributed by atoms with Crippen molar-refractivity contribution in [1.82, 2.24) is 0 Å². The van der Waals surface area contributed by atoms with Crippen molar-refractivity contribution in [3.63, 3.8) is 0 Å². The molecule has 3 rings (SSSR count). The molecular weight excluding hydrogens is 248 g/mol. The second kappa shape index (κ2) is 5.33. The molecule has 2 heteroatoms. The molecule has 0 bridgehead atoms. The first kappa shape index (κ1) is 12.7. The van der Waals surface area contributed by atoms with E-state index in [0.29, 0.717) is 12.0 Å². The largest absolute Gasteiger partial charge is 0.464 e. The molecule has 1 aromatic heterocycles. The highest BCUT2D eigenvalue weighted by Crippen LogP contribution is 2.22. The molecule has 0 unspecified atom stereocenters. The Morgan fingerprint density at radius 1 is 1.00 bits per heavy atom. The van der Waals surface area contributed by atoms with Crippen molar-refractivity contribution in [2.24, 2.45) is 0 Å². The van der Waals surface area contributed by atoms with Crippen LogP contribution in [0.5, 0.6) is 0 Å². The summed E-state index contributed by atoms with van der Waals surface area (Å²) in [6.07, 6.45) is 2.99. The van der Waals surface area contributed by atoms with Gasteiger partial charge in [-0.1, -0.05) is 49.4 Å². The minimum Gasteiger partial charge on any atom is -0.464 e. The lowest BCUT2D eigenvalue weighted by atomic mass is 10.0. The number of ketones is 1. The Morgan fingerprint density at radius 2 is 1.70 bits per heavy atom. The fourth-order valence-electron chi connectivity index (χ4n) is 2.37. The summed E-state index contributed by atoms with van der Waals surface area (Å²) in [6, 6.07) is 15.8. The van der Waals surface area contributed by atoms with E-state index in [0.717, 1.165) is 23.0 Å². The highest BCUT2D eigenvalue weighted by Gasteiger charge is 2.13. The second-order valence-corrected chi connectivity index (χ2v) is 4.92. The first-order valence-corrected chi connectivity index (χ1v) is 6.85. The third kappa shape index (κ3) is 2.37. The number of carbonyl (C=O) groups excluding carboxylic acids is 1. The minimum absolute atomic E-state index is 0.0965. The normalized spacial score (nSPS) is 10.8. The summed E-state index contributed by atoms with van der Waals surface area (Å²) in [5, 5.41) is 0.891. The number of hydrogen-bond acceptors (Lipinski definition) is 2. The molecule has 20 heavy (non-hydrogen) atoms. The molecular formula is C18H16O2. The number of Topliss-reactive ketones (excluding diaryl/α,β-unsaturated/α-hetero) is 1. The number of furan rings is 1. The van der Waals surface area contributed by atoms with Gasteiger partial charge in [0.1, 0.15) is 11.8 Å². The summed E-state index contributed by atoms with van der Waals surface area (Å²) in [7, 11) is 0. The van der Waals surface area contributed by atoms with Crippen molar-refractivity contribution in [2.75, 3.05) is 0 Å². The molecule has 0 aliphatic carbocycles. The van der Waals surface area contributed by atoms with Crippen LogP contribution in [0.1, 0.15) is 28.4 Å². The molecule has 0 N–H and O–H groups in total. The van der Waals surface area contributed by atoms with E-state index in [1.54, 1.807) is 6.26 Å². The predicted octanol–water partition coefficient (Wildman–Crippen LogP) is 4.42. The first-order valence-electron chi connectivity index (χ1n) is 6.85. The Bertz CT molecular complexity index is 735. The molecule has 0 fully saturated rings. The highest BCUT2D eigenvalue weighted by molar-refractivity contribution is 6.07. The van der Waals surface area contributed by atoms with Crippen LogP contribution in [0.4, 0.5) is 0 Å². The second-order valence-electron chi connectivity index (χ2n) is 4.92. The van der Waals surface area contributed by atoms with Gasteiger partial charge in [0.2, 0.25) is 0 Å². The summed E-state index contributed by atoms with van der Waals surface area (Å²) < 4.78 is 5.42. The maximum absolute atomic E-state index is 12.4. The van der Waals surface area contributed by atoms with Gasteiger partial charge >= 0.3 is 0 Å². The van der Waals surface area contributed by atoms with Gasteiger partial charge < -0.3 is 4.42 Å². The molecule has 0 spiro atoms. The number of benzene rings is 2. The van der Waals surface area contributed by atoms with E-state index in [9.17, 15) is 4.79 Å². The molecule has 0 radical (unpaired) electrons. The summed E-state index contributed by atoms with van der Waals surface area (Å²) in [4.78, 5) is 12.4. The Morgan fingerprint density at radius 3 is 2.45 bits per heavy atom. The summed E-state index contributed by atoms with van der Waals surface area (Å²) in [6.45, 7) is 2.12. The van der Waals surface area contributed by atoms with Crippen LogP contribution in [-0.2, 0) is 12.8 Å². The summed E-state index contributed by atoms with van der Waals surface area (Å²) >= 11 is 0. The van der Waals surface area contributed by atoms with Gasteiger partial charge in [0, 0.05) is 11.8 Å². The molecule has 2 nitrogen and oxygen atoms in total. The zero-order valence-corrected chi connectivity index (χ0v) is 11.4. The van der Waals surface area contributed by atoms with Gasteiger partial charge in [-0.2, -0.15) is 0 Å². The van der Waals surface area contributed by atoms with Crippen molar-refractivity contribution >= 4 is 16.8 Å². The van der Waals surface area contributed by atoms with Gasteiger partial charge in [0.15, 0.2) is 5.78 Å². The lowest BCUT2D eigenvalue weighted by Crippen LogP contribution is -2.02. The number of rotatable bonds is 4. The lowest BCUT2D eigenvalue weighted by Gasteiger charge is -2.02. The third-order valence-electron chi connectivity index (χ3n) is 3.58. The molecule has 1 heterocycles. The Balaban J connectivity index is 1.85. The van der Waals surface area contributed by atoms with Crippen molar-refractivity contribution in [1.29, 1.82) is 0 Å². The quantitative estimate of drug-likeness (QED) is 0.653. The van der Waals surface area contributed by atoms with Crippen LogP contribution in [0.2, 0.25) is 0 Å². The zero-order valence-electron chi connectivity index (χ0n) is 11.4. The van der Waals surface area contributed by atoms with Gasteiger partial charge in [-0.3, -0.25) is 4.79 Å². The average molecular weight is 264 g/mol. The van der Waals surface area contributed by atoms with E-state index >= 15 is 0 Å². The maximum Gasteiger partial charge on any atom is 0.171 e. The predicted molar refractivity (Wildman–Crippen MR) is 80.1 cm³/mol. The fourth-order valence-corrected chi connectivity index (χ4v) is 2.37. The smallest absolute Gasteiger partial charge is 0.171 e. The van der Waals surface area contributed by atoms with E-state index in [-0.39, 0.29) is 5.78 Å². The van der Waals surface area contributed by atoms with E-state index in [4.69, 9.17) is 4.42 Å². The van der Waals surface area contributed by atoms with Crippen LogP contribution in [0.25, 0.3) is 11.0 Å². The monoisotopic (exact) mass is 264 g/mol. The molecule has 100 valence electrons. The molecule has 0 amide bonds. The number of fused-ring (bicyclic) bond motifs is 1. The van der Waals surface area contributed by atoms with Crippen LogP contribution < -0.4 is 0 Å². The van der Waals surface area contributed by atoms with E-state index < -0.39 is 0 Å². The molecule has 0 saturated carbocycles. The maximum atomic E-state index is 12.4. The molecule has 0 aliphatic heterocycles. The fraction of sp³-hybridized carbons (Fsp3) is 0.167. The average Bonchev–Trinajstić information content (AvgIpc) is 2.92.